The van der Waals surface area contributed by atoms with Crippen LogP contribution in [0.4, 0.5) is 0 Å². The van der Waals surface area contributed by atoms with E-state index in [9.17, 15) is 0 Å². The van der Waals surface area contributed by atoms with E-state index in [1.54, 1.807) is 0 Å². The molecule has 1 N–H and O–H groups in total. The number of rotatable bonds is 6. The molecular weight excluding hydrogens is 268 g/mol. The fourth-order valence-corrected chi connectivity index (χ4v) is 3.25. The fourth-order valence-electron chi connectivity index (χ4n) is 3.02. The van der Waals surface area contributed by atoms with Crippen molar-refractivity contribution in [3.8, 4) is 0 Å². The zero-order valence-electron chi connectivity index (χ0n) is 12.8. The third-order valence-electron chi connectivity index (χ3n) is 4.13. The Morgan fingerprint density at radius 2 is 2.20 bits per heavy atom. The summed E-state index contributed by atoms with van der Waals surface area (Å²) in [6.07, 6.45) is 5.23. The highest BCUT2D eigenvalue weighted by Gasteiger charge is 2.16. The van der Waals surface area contributed by atoms with E-state index in [0.717, 1.165) is 18.1 Å². The molecule has 1 saturated heterocycles. The highest BCUT2D eigenvalue weighted by molar-refractivity contribution is 6.30. The van der Waals surface area contributed by atoms with Gasteiger partial charge in [-0.3, -0.25) is 4.90 Å². The zero-order valence-corrected chi connectivity index (χ0v) is 13.5. The maximum Gasteiger partial charge on any atom is 0.0408 e. The van der Waals surface area contributed by atoms with Crippen LogP contribution >= 0.6 is 11.6 Å². The molecule has 0 bridgehead atoms. The minimum Gasteiger partial charge on any atom is -0.313 e. The number of nitrogens with zero attached hydrogens (tertiary/aromatic N) is 1. The van der Waals surface area contributed by atoms with Gasteiger partial charge < -0.3 is 5.32 Å². The van der Waals surface area contributed by atoms with Gasteiger partial charge in [-0.2, -0.15) is 0 Å². The standard InChI is InChI=1S/C17H27ClN2/c1-3-10-20(13-17-6-4-5-9-19-17)12-15-7-8-16(18)11-14(15)2/h7-8,11,17,19H,3-6,9-10,12-13H2,1-2H3. The second-order valence-corrected chi connectivity index (χ2v) is 6.39. The molecule has 0 saturated carbocycles. The summed E-state index contributed by atoms with van der Waals surface area (Å²) in [4.78, 5) is 2.58. The number of aryl methyl sites for hydroxylation is 1. The van der Waals surface area contributed by atoms with Gasteiger partial charge in [-0.1, -0.05) is 31.0 Å². The Hall–Kier alpha value is -0.570. The van der Waals surface area contributed by atoms with Crippen LogP contribution in [0.15, 0.2) is 18.2 Å². The summed E-state index contributed by atoms with van der Waals surface area (Å²) in [7, 11) is 0. The maximum atomic E-state index is 6.05. The van der Waals surface area contributed by atoms with Gasteiger partial charge in [-0.25, -0.2) is 0 Å². The van der Waals surface area contributed by atoms with Crippen LogP contribution in [0.1, 0.15) is 43.7 Å². The summed E-state index contributed by atoms with van der Waals surface area (Å²) >= 11 is 6.05. The van der Waals surface area contributed by atoms with Gasteiger partial charge in [0.2, 0.25) is 0 Å². The molecule has 20 heavy (non-hydrogen) atoms. The molecule has 1 aromatic carbocycles. The van der Waals surface area contributed by atoms with Crippen molar-refractivity contribution in [3.05, 3.63) is 34.3 Å². The lowest BCUT2D eigenvalue weighted by Gasteiger charge is -2.30. The Morgan fingerprint density at radius 3 is 2.85 bits per heavy atom. The summed E-state index contributed by atoms with van der Waals surface area (Å²) < 4.78 is 0. The molecule has 3 heteroatoms. The molecule has 2 rings (SSSR count). The molecule has 0 aliphatic carbocycles. The largest absolute Gasteiger partial charge is 0.313 e. The molecular formula is C17H27ClN2. The van der Waals surface area contributed by atoms with Gasteiger partial charge in [0.15, 0.2) is 0 Å². The summed E-state index contributed by atoms with van der Waals surface area (Å²) in [6, 6.07) is 6.92. The van der Waals surface area contributed by atoms with Crippen molar-refractivity contribution in [1.82, 2.24) is 10.2 Å². The van der Waals surface area contributed by atoms with Crippen molar-refractivity contribution < 1.29 is 0 Å². The Morgan fingerprint density at radius 1 is 1.35 bits per heavy atom. The zero-order chi connectivity index (χ0) is 14.4. The molecule has 112 valence electrons. The van der Waals surface area contributed by atoms with Crippen LogP contribution in [0.5, 0.6) is 0 Å². The average Bonchev–Trinajstić information content (AvgIpc) is 2.43. The van der Waals surface area contributed by atoms with Crippen molar-refractivity contribution in [3.63, 3.8) is 0 Å². The molecule has 0 aromatic heterocycles. The van der Waals surface area contributed by atoms with Crippen LogP contribution in [0.2, 0.25) is 5.02 Å². The van der Waals surface area contributed by atoms with E-state index in [1.165, 1.54) is 49.9 Å². The van der Waals surface area contributed by atoms with Crippen LogP contribution in [-0.4, -0.2) is 30.6 Å². The molecule has 1 fully saturated rings. The van der Waals surface area contributed by atoms with Crippen molar-refractivity contribution in [2.24, 2.45) is 0 Å². The highest BCUT2D eigenvalue weighted by atomic mass is 35.5. The van der Waals surface area contributed by atoms with Gasteiger partial charge in [0, 0.05) is 24.2 Å². The number of piperidine rings is 1. The summed E-state index contributed by atoms with van der Waals surface area (Å²) in [6.45, 7) is 8.97. The molecule has 1 atom stereocenters. The van der Waals surface area contributed by atoms with Crippen LogP contribution < -0.4 is 5.32 Å². The minimum atomic E-state index is 0.669. The average molecular weight is 295 g/mol. The smallest absolute Gasteiger partial charge is 0.0408 e. The van der Waals surface area contributed by atoms with Crippen LogP contribution in [0.25, 0.3) is 0 Å². The molecule has 1 aliphatic rings. The lowest BCUT2D eigenvalue weighted by molar-refractivity contribution is 0.217. The van der Waals surface area contributed by atoms with E-state index < -0.39 is 0 Å². The Balaban J connectivity index is 1.96. The first kappa shape index (κ1) is 15.8. The Labute approximate surface area is 128 Å². The van der Waals surface area contributed by atoms with Gasteiger partial charge in [0.25, 0.3) is 0 Å². The van der Waals surface area contributed by atoms with E-state index in [4.69, 9.17) is 11.6 Å². The number of halogens is 1. The molecule has 1 unspecified atom stereocenters. The summed E-state index contributed by atoms with van der Waals surface area (Å²) in [5, 5.41) is 4.49. The topological polar surface area (TPSA) is 15.3 Å². The van der Waals surface area contributed by atoms with Gasteiger partial charge >= 0.3 is 0 Å². The number of benzene rings is 1. The fraction of sp³-hybridized carbons (Fsp3) is 0.647. The second kappa shape index (κ2) is 8.02. The van der Waals surface area contributed by atoms with Crippen molar-refractivity contribution >= 4 is 11.6 Å². The van der Waals surface area contributed by atoms with Crippen LogP contribution in [-0.2, 0) is 6.54 Å². The van der Waals surface area contributed by atoms with E-state index >= 15 is 0 Å². The third kappa shape index (κ3) is 4.76. The predicted octanol–water partition coefficient (Wildman–Crippen LogP) is 4.00. The van der Waals surface area contributed by atoms with Gasteiger partial charge in [-0.15, -0.1) is 0 Å². The van der Waals surface area contributed by atoms with E-state index in [0.29, 0.717) is 6.04 Å². The number of hydrogen-bond acceptors (Lipinski definition) is 2. The predicted molar refractivity (Wildman–Crippen MR) is 87.4 cm³/mol. The van der Waals surface area contributed by atoms with Crippen molar-refractivity contribution in [2.75, 3.05) is 19.6 Å². The van der Waals surface area contributed by atoms with Crippen molar-refractivity contribution in [2.45, 2.75) is 52.1 Å². The monoisotopic (exact) mass is 294 g/mol. The SMILES string of the molecule is CCCN(Cc1ccc(Cl)cc1C)CC1CCCCN1. The quantitative estimate of drug-likeness (QED) is 0.853. The molecule has 0 spiro atoms. The summed E-state index contributed by atoms with van der Waals surface area (Å²) in [5.74, 6) is 0. The normalized spacial score (nSPS) is 19.5. The first-order chi connectivity index (χ1) is 9.69. The summed E-state index contributed by atoms with van der Waals surface area (Å²) in [5.41, 5.74) is 2.70. The van der Waals surface area contributed by atoms with Gasteiger partial charge in [0.1, 0.15) is 0 Å². The van der Waals surface area contributed by atoms with Crippen LogP contribution in [0.3, 0.4) is 0 Å². The molecule has 0 radical (unpaired) electrons. The molecule has 1 heterocycles. The number of hydrogen-bond donors (Lipinski definition) is 1. The lowest BCUT2D eigenvalue weighted by atomic mass is 10.0. The molecule has 1 aromatic rings. The molecule has 1 aliphatic heterocycles. The first-order valence-corrected chi connectivity index (χ1v) is 8.27. The molecule has 2 nitrogen and oxygen atoms in total. The van der Waals surface area contributed by atoms with Gasteiger partial charge in [0.05, 0.1) is 0 Å². The maximum absolute atomic E-state index is 6.05. The highest BCUT2D eigenvalue weighted by Crippen LogP contribution is 2.18. The first-order valence-electron chi connectivity index (χ1n) is 7.90. The lowest BCUT2D eigenvalue weighted by Crippen LogP contribution is -2.43. The Kier molecular flexibility index (Phi) is 6.34. The van der Waals surface area contributed by atoms with Crippen LogP contribution in [0, 0.1) is 6.92 Å². The van der Waals surface area contributed by atoms with Gasteiger partial charge in [-0.05, 0) is 62.5 Å². The second-order valence-electron chi connectivity index (χ2n) is 5.95. The van der Waals surface area contributed by atoms with Crippen molar-refractivity contribution in [1.29, 1.82) is 0 Å². The third-order valence-corrected chi connectivity index (χ3v) is 4.36. The Bertz CT molecular complexity index is 413. The number of nitrogens with one attached hydrogen (secondary N) is 1. The van der Waals surface area contributed by atoms with E-state index in [2.05, 4.69) is 36.2 Å². The van der Waals surface area contributed by atoms with E-state index in [1.807, 2.05) is 6.07 Å². The minimum absolute atomic E-state index is 0.669. The van der Waals surface area contributed by atoms with E-state index in [-0.39, 0.29) is 0 Å². The molecule has 0 amide bonds.